The van der Waals surface area contributed by atoms with Crippen LogP contribution in [0, 0.1) is 0 Å². The Morgan fingerprint density at radius 2 is 2.29 bits per heavy atom. The van der Waals surface area contributed by atoms with Gasteiger partial charge in [0.15, 0.2) is 11.3 Å². The van der Waals surface area contributed by atoms with E-state index in [2.05, 4.69) is 15.5 Å². The molecule has 1 amide bonds. The van der Waals surface area contributed by atoms with Gasteiger partial charge in [-0.2, -0.15) is 0 Å². The Bertz CT molecular complexity index is 464. The van der Waals surface area contributed by atoms with Gasteiger partial charge in [-0.25, -0.2) is 5.48 Å². The standard InChI is InChI=1S/C9H8N2O3/c1-13-11-9(12)8-6-4-2-3-5-7(6)14-10-8/h2-5H,1H3,(H,11,12). The Morgan fingerprint density at radius 1 is 1.50 bits per heavy atom. The first-order valence-electron chi connectivity index (χ1n) is 4.00. The van der Waals surface area contributed by atoms with E-state index in [1.807, 2.05) is 12.1 Å². The first kappa shape index (κ1) is 8.71. The maximum Gasteiger partial charge on any atom is 0.297 e. The number of nitrogens with zero attached hydrogens (tertiary/aromatic N) is 1. The Kier molecular flexibility index (Phi) is 2.16. The first-order valence-corrected chi connectivity index (χ1v) is 4.00. The monoisotopic (exact) mass is 192 g/mol. The Morgan fingerprint density at radius 3 is 3.07 bits per heavy atom. The van der Waals surface area contributed by atoms with Gasteiger partial charge in [-0.3, -0.25) is 9.63 Å². The first-order chi connectivity index (χ1) is 6.83. The van der Waals surface area contributed by atoms with Gasteiger partial charge in [0.05, 0.1) is 12.5 Å². The van der Waals surface area contributed by atoms with E-state index in [9.17, 15) is 4.79 Å². The molecule has 1 aromatic carbocycles. The van der Waals surface area contributed by atoms with Crippen LogP contribution in [-0.4, -0.2) is 18.2 Å². The highest BCUT2D eigenvalue weighted by Gasteiger charge is 2.14. The number of fused-ring (bicyclic) bond motifs is 1. The summed E-state index contributed by atoms with van der Waals surface area (Å²) in [6, 6.07) is 7.12. The molecule has 0 bridgehead atoms. The van der Waals surface area contributed by atoms with E-state index in [0.29, 0.717) is 11.0 Å². The molecule has 2 aromatic rings. The highest BCUT2D eigenvalue weighted by Crippen LogP contribution is 2.17. The second kappa shape index (κ2) is 3.47. The Hall–Kier alpha value is -1.88. The summed E-state index contributed by atoms with van der Waals surface area (Å²) in [4.78, 5) is 15.9. The number of carbonyl (C=O) groups excluding carboxylic acids is 1. The molecule has 14 heavy (non-hydrogen) atoms. The van der Waals surface area contributed by atoms with Gasteiger partial charge in [0, 0.05) is 0 Å². The molecule has 72 valence electrons. The predicted molar refractivity (Wildman–Crippen MR) is 48.5 cm³/mol. The van der Waals surface area contributed by atoms with Crippen molar-refractivity contribution >= 4 is 16.9 Å². The predicted octanol–water partition coefficient (Wildman–Crippen LogP) is 1.12. The van der Waals surface area contributed by atoms with E-state index >= 15 is 0 Å². The number of nitrogens with one attached hydrogen (secondary N) is 1. The van der Waals surface area contributed by atoms with Crippen LogP contribution in [0.25, 0.3) is 11.0 Å². The maximum absolute atomic E-state index is 11.4. The molecule has 0 unspecified atom stereocenters. The molecule has 5 nitrogen and oxygen atoms in total. The van der Waals surface area contributed by atoms with Gasteiger partial charge in [-0.15, -0.1) is 0 Å². The zero-order valence-electron chi connectivity index (χ0n) is 7.48. The van der Waals surface area contributed by atoms with E-state index in [-0.39, 0.29) is 5.69 Å². The lowest BCUT2D eigenvalue weighted by molar-refractivity contribution is 0.0530. The summed E-state index contributed by atoms with van der Waals surface area (Å²) < 4.78 is 4.95. The van der Waals surface area contributed by atoms with Gasteiger partial charge < -0.3 is 4.52 Å². The van der Waals surface area contributed by atoms with Crippen molar-refractivity contribution in [2.45, 2.75) is 0 Å². The van der Waals surface area contributed by atoms with Crippen LogP contribution in [0.15, 0.2) is 28.8 Å². The molecule has 2 rings (SSSR count). The Labute approximate surface area is 79.6 Å². The van der Waals surface area contributed by atoms with Crippen LogP contribution < -0.4 is 5.48 Å². The molecule has 1 heterocycles. The number of aromatic nitrogens is 1. The third-order valence-corrected chi connectivity index (χ3v) is 1.79. The van der Waals surface area contributed by atoms with Crippen molar-refractivity contribution in [3.63, 3.8) is 0 Å². The third-order valence-electron chi connectivity index (χ3n) is 1.79. The zero-order chi connectivity index (χ0) is 9.97. The maximum atomic E-state index is 11.4. The van der Waals surface area contributed by atoms with Crippen molar-refractivity contribution in [1.82, 2.24) is 10.6 Å². The highest BCUT2D eigenvalue weighted by molar-refractivity contribution is 6.03. The number of hydrogen-bond donors (Lipinski definition) is 1. The van der Waals surface area contributed by atoms with Crippen molar-refractivity contribution in [2.24, 2.45) is 0 Å². The molecule has 5 heteroatoms. The molecule has 1 N–H and O–H groups in total. The number of hydrogen-bond acceptors (Lipinski definition) is 4. The van der Waals surface area contributed by atoms with Gasteiger partial charge in [0.2, 0.25) is 0 Å². The smallest absolute Gasteiger partial charge is 0.297 e. The topological polar surface area (TPSA) is 64.4 Å². The molecule has 0 atom stereocenters. The van der Waals surface area contributed by atoms with E-state index < -0.39 is 5.91 Å². The largest absolute Gasteiger partial charge is 0.355 e. The molecule has 0 radical (unpaired) electrons. The molecule has 0 aliphatic heterocycles. The van der Waals surface area contributed by atoms with Crippen molar-refractivity contribution < 1.29 is 14.2 Å². The minimum absolute atomic E-state index is 0.224. The molecule has 0 fully saturated rings. The van der Waals surface area contributed by atoms with Crippen LogP contribution in [0.1, 0.15) is 10.5 Å². The van der Waals surface area contributed by atoms with Gasteiger partial charge in [0.1, 0.15) is 0 Å². The lowest BCUT2D eigenvalue weighted by Crippen LogP contribution is -2.22. The summed E-state index contributed by atoms with van der Waals surface area (Å²) in [5.41, 5.74) is 2.98. The van der Waals surface area contributed by atoms with Crippen molar-refractivity contribution in [1.29, 1.82) is 0 Å². The van der Waals surface area contributed by atoms with Crippen molar-refractivity contribution in [3.8, 4) is 0 Å². The summed E-state index contributed by atoms with van der Waals surface area (Å²) in [6.45, 7) is 0. The number of amides is 1. The third kappa shape index (κ3) is 1.33. The van der Waals surface area contributed by atoms with Crippen molar-refractivity contribution in [3.05, 3.63) is 30.0 Å². The van der Waals surface area contributed by atoms with E-state index in [0.717, 1.165) is 0 Å². The molecule has 1 aromatic heterocycles. The molecule has 0 aliphatic rings. The van der Waals surface area contributed by atoms with Gasteiger partial charge in [-0.1, -0.05) is 17.3 Å². The average molecular weight is 192 g/mol. The van der Waals surface area contributed by atoms with Gasteiger partial charge in [-0.05, 0) is 12.1 Å². The summed E-state index contributed by atoms with van der Waals surface area (Å²) in [7, 11) is 1.36. The van der Waals surface area contributed by atoms with Crippen LogP contribution in [-0.2, 0) is 4.84 Å². The second-order valence-corrected chi connectivity index (χ2v) is 2.66. The quantitative estimate of drug-likeness (QED) is 0.724. The molecular formula is C9H8N2O3. The van der Waals surface area contributed by atoms with Gasteiger partial charge in [0.25, 0.3) is 5.91 Å². The van der Waals surface area contributed by atoms with Crippen LogP contribution >= 0.6 is 0 Å². The fraction of sp³-hybridized carbons (Fsp3) is 0.111. The highest BCUT2D eigenvalue weighted by atomic mass is 16.6. The van der Waals surface area contributed by atoms with Crippen LogP contribution in [0.5, 0.6) is 0 Å². The molecule has 0 aliphatic carbocycles. The van der Waals surface area contributed by atoms with Crippen molar-refractivity contribution in [2.75, 3.05) is 7.11 Å². The number of benzene rings is 1. The number of hydroxylamine groups is 1. The minimum atomic E-state index is -0.419. The van der Waals surface area contributed by atoms with E-state index in [1.165, 1.54) is 7.11 Å². The minimum Gasteiger partial charge on any atom is -0.355 e. The summed E-state index contributed by atoms with van der Waals surface area (Å²) in [6.07, 6.45) is 0. The fourth-order valence-electron chi connectivity index (χ4n) is 1.19. The fourth-order valence-corrected chi connectivity index (χ4v) is 1.19. The summed E-state index contributed by atoms with van der Waals surface area (Å²) in [5, 5.41) is 4.32. The second-order valence-electron chi connectivity index (χ2n) is 2.66. The Balaban J connectivity index is 2.47. The average Bonchev–Trinajstić information content (AvgIpc) is 2.61. The molecular weight excluding hydrogens is 184 g/mol. The lowest BCUT2D eigenvalue weighted by Gasteiger charge is -1.96. The van der Waals surface area contributed by atoms with Gasteiger partial charge >= 0.3 is 0 Å². The van der Waals surface area contributed by atoms with Crippen LogP contribution in [0.3, 0.4) is 0 Å². The van der Waals surface area contributed by atoms with Crippen LogP contribution in [0.2, 0.25) is 0 Å². The number of rotatable bonds is 2. The van der Waals surface area contributed by atoms with Crippen LogP contribution in [0.4, 0.5) is 0 Å². The van der Waals surface area contributed by atoms with E-state index in [4.69, 9.17) is 4.52 Å². The zero-order valence-corrected chi connectivity index (χ0v) is 7.48. The molecule has 0 saturated carbocycles. The SMILES string of the molecule is CONC(=O)c1noc2ccccc12. The lowest BCUT2D eigenvalue weighted by atomic mass is 10.2. The summed E-state index contributed by atoms with van der Waals surface area (Å²) in [5.74, 6) is -0.419. The van der Waals surface area contributed by atoms with E-state index in [1.54, 1.807) is 12.1 Å². The molecule has 0 spiro atoms. The number of carbonyl (C=O) groups is 1. The normalized spacial score (nSPS) is 10.4. The summed E-state index contributed by atoms with van der Waals surface area (Å²) >= 11 is 0. The molecule has 0 saturated heterocycles. The number of para-hydroxylation sites is 1.